The fourth-order valence-corrected chi connectivity index (χ4v) is 4.02. The molecule has 2 aliphatic heterocycles. The quantitative estimate of drug-likeness (QED) is 0.706. The summed E-state index contributed by atoms with van der Waals surface area (Å²) in [5.41, 5.74) is 4.99. The van der Waals surface area contributed by atoms with Gasteiger partial charge in [0.15, 0.2) is 17.3 Å². The van der Waals surface area contributed by atoms with E-state index in [-0.39, 0.29) is 18.3 Å². The zero-order chi connectivity index (χ0) is 22.0. The Kier molecular flexibility index (Phi) is 4.03. The molecule has 3 heterocycles. The zero-order valence-corrected chi connectivity index (χ0v) is 16.5. The highest BCUT2D eigenvalue weighted by atomic mass is 19.3. The first-order chi connectivity index (χ1) is 14.8. The van der Waals surface area contributed by atoms with E-state index in [1.165, 1.54) is 0 Å². The summed E-state index contributed by atoms with van der Waals surface area (Å²) >= 11 is 0. The number of primary amides is 1. The van der Waals surface area contributed by atoms with Crippen LogP contribution in [0.3, 0.4) is 0 Å². The number of halogens is 2. The van der Waals surface area contributed by atoms with Crippen molar-refractivity contribution in [3.63, 3.8) is 0 Å². The summed E-state index contributed by atoms with van der Waals surface area (Å²) in [5.74, 6) is -0.929. The Bertz CT molecular complexity index is 1140. The van der Waals surface area contributed by atoms with Gasteiger partial charge in [0, 0.05) is 24.4 Å². The van der Waals surface area contributed by atoms with Gasteiger partial charge in [0.25, 0.3) is 11.8 Å². The second kappa shape index (κ2) is 6.45. The number of carbonyl (C=O) groups excluding carboxylic acids is 2. The first kappa shape index (κ1) is 19.4. The topological polar surface area (TPSA) is 112 Å². The highest BCUT2D eigenvalue weighted by molar-refractivity contribution is 5.83. The Balaban J connectivity index is 1.53. The molecule has 1 aliphatic carbocycles. The summed E-state index contributed by atoms with van der Waals surface area (Å²) in [6.45, 7) is 2.10. The molecule has 0 unspecified atom stereocenters. The van der Waals surface area contributed by atoms with Crippen LogP contribution in [0.5, 0.6) is 5.75 Å². The van der Waals surface area contributed by atoms with Crippen LogP contribution >= 0.6 is 0 Å². The molecule has 1 saturated heterocycles. The SMILES string of the molecule is C[C@H](Nc1ccc2c(c1)OCCn1cc(N3C(=C=O)OC[C@]34CC4(F)F)nc1-2)C(N)=O. The maximum atomic E-state index is 14.2. The van der Waals surface area contributed by atoms with Crippen molar-refractivity contribution >= 4 is 23.4 Å². The van der Waals surface area contributed by atoms with Gasteiger partial charge in [0.05, 0.1) is 12.1 Å². The van der Waals surface area contributed by atoms with Gasteiger partial charge in [-0.1, -0.05) is 0 Å². The third-order valence-electron chi connectivity index (χ3n) is 5.85. The molecule has 5 rings (SSSR count). The maximum absolute atomic E-state index is 14.2. The maximum Gasteiger partial charge on any atom is 0.284 e. The molecule has 11 heteroatoms. The number of alkyl halides is 2. The summed E-state index contributed by atoms with van der Waals surface area (Å²) < 4.78 is 41.2. The molecule has 1 aromatic carbocycles. The number of ether oxygens (including phenoxy) is 2. The van der Waals surface area contributed by atoms with Gasteiger partial charge in [-0.15, -0.1) is 0 Å². The molecule has 162 valence electrons. The number of hydrogen-bond donors (Lipinski definition) is 2. The number of anilines is 2. The lowest BCUT2D eigenvalue weighted by molar-refractivity contribution is -0.118. The van der Waals surface area contributed by atoms with Gasteiger partial charge < -0.3 is 25.1 Å². The Labute approximate surface area is 175 Å². The Hall–Kier alpha value is -3.59. The second-order valence-electron chi connectivity index (χ2n) is 7.89. The van der Waals surface area contributed by atoms with Gasteiger partial charge in [-0.25, -0.2) is 18.6 Å². The van der Waals surface area contributed by atoms with Crippen molar-refractivity contribution in [2.24, 2.45) is 5.73 Å². The summed E-state index contributed by atoms with van der Waals surface area (Å²) in [7, 11) is 0. The predicted molar refractivity (Wildman–Crippen MR) is 105 cm³/mol. The predicted octanol–water partition coefficient (Wildman–Crippen LogP) is 1.52. The fraction of sp³-hybridized carbons (Fsp3) is 0.400. The Morgan fingerprint density at radius 3 is 2.84 bits per heavy atom. The minimum absolute atomic E-state index is 0.195. The van der Waals surface area contributed by atoms with E-state index >= 15 is 0 Å². The van der Waals surface area contributed by atoms with E-state index in [1.807, 2.05) is 0 Å². The molecule has 2 atom stereocenters. The van der Waals surface area contributed by atoms with Crippen LogP contribution in [-0.4, -0.2) is 52.1 Å². The number of nitrogens with two attached hydrogens (primary N) is 1. The largest absolute Gasteiger partial charge is 0.491 e. The number of benzene rings is 1. The lowest BCUT2D eigenvalue weighted by atomic mass is 10.1. The van der Waals surface area contributed by atoms with Crippen molar-refractivity contribution in [1.82, 2.24) is 9.55 Å². The van der Waals surface area contributed by atoms with Crippen molar-refractivity contribution in [3.8, 4) is 17.1 Å². The minimum atomic E-state index is -2.98. The molecule has 3 aliphatic rings. The third kappa shape index (κ3) is 2.84. The molecule has 0 bridgehead atoms. The second-order valence-corrected chi connectivity index (χ2v) is 7.89. The van der Waals surface area contributed by atoms with Gasteiger partial charge in [-0.3, -0.25) is 9.69 Å². The van der Waals surface area contributed by atoms with Crippen LogP contribution in [-0.2, 0) is 20.9 Å². The van der Waals surface area contributed by atoms with Crippen LogP contribution in [0.2, 0.25) is 0 Å². The standard InChI is InChI=1S/C20H19F2N5O4/c1-11(17(23)29)24-12-2-3-13-14(6-12)30-5-4-26-7-15(25-18(13)26)27-16(8-28)31-10-19(27)9-20(19,21)22/h2-3,6-7,11,24H,4-5,9-10H2,1H3,(H2,23,29)/t11-,19-/m0/s1. The number of rotatable bonds is 4. The van der Waals surface area contributed by atoms with E-state index in [9.17, 15) is 18.4 Å². The van der Waals surface area contributed by atoms with E-state index in [0.717, 1.165) is 4.90 Å². The molecule has 1 saturated carbocycles. The van der Waals surface area contributed by atoms with Crippen molar-refractivity contribution in [3.05, 3.63) is 30.3 Å². The molecule has 1 amide bonds. The van der Waals surface area contributed by atoms with E-state index in [0.29, 0.717) is 36.0 Å². The lowest BCUT2D eigenvalue weighted by Gasteiger charge is -2.20. The van der Waals surface area contributed by atoms with Gasteiger partial charge in [-0.05, 0) is 19.1 Å². The first-order valence-corrected chi connectivity index (χ1v) is 9.72. The third-order valence-corrected chi connectivity index (χ3v) is 5.85. The molecule has 2 fully saturated rings. The van der Waals surface area contributed by atoms with Crippen LogP contribution in [0, 0.1) is 0 Å². The highest BCUT2D eigenvalue weighted by Gasteiger charge is 2.79. The van der Waals surface area contributed by atoms with E-state index in [1.54, 1.807) is 41.8 Å². The van der Waals surface area contributed by atoms with Crippen LogP contribution in [0.15, 0.2) is 30.3 Å². The van der Waals surface area contributed by atoms with Gasteiger partial charge >= 0.3 is 0 Å². The van der Waals surface area contributed by atoms with Gasteiger partial charge in [-0.2, -0.15) is 0 Å². The molecule has 31 heavy (non-hydrogen) atoms. The van der Waals surface area contributed by atoms with Crippen LogP contribution in [0.4, 0.5) is 20.3 Å². The van der Waals surface area contributed by atoms with E-state index in [2.05, 4.69) is 10.3 Å². The number of nitrogens with one attached hydrogen (secondary N) is 1. The Morgan fingerprint density at radius 2 is 2.16 bits per heavy atom. The normalized spacial score (nSPS) is 23.7. The average Bonchev–Trinajstić information content (AvgIpc) is 3.00. The number of carbonyl (C=O) groups is 1. The number of fused-ring (bicyclic) bond motifs is 3. The monoisotopic (exact) mass is 431 g/mol. The van der Waals surface area contributed by atoms with Crippen LogP contribution in [0.1, 0.15) is 13.3 Å². The number of amides is 1. The number of hydrogen-bond acceptors (Lipinski definition) is 7. The van der Waals surface area contributed by atoms with Crippen molar-refractivity contribution in [2.45, 2.75) is 37.4 Å². The molecule has 0 radical (unpaired) electrons. The molecule has 9 nitrogen and oxygen atoms in total. The smallest absolute Gasteiger partial charge is 0.284 e. The van der Waals surface area contributed by atoms with Gasteiger partial charge in [0.2, 0.25) is 5.91 Å². The molecular weight excluding hydrogens is 412 g/mol. The van der Waals surface area contributed by atoms with Crippen molar-refractivity contribution in [2.75, 3.05) is 23.4 Å². The highest BCUT2D eigenvalue weighted by Crippen LogP contribution is 2.61. The zero-order valence-electron chi connectivity index (χ0n) is 16.5. The van der Waals surface area contributed by atoms with Crippen LogP contribution in [0.25, 0.3) is 11.4 Å². The van der Waals surface area contributed by atoms with Crippen molar-refractivity contribution < 1.29 is 27.8 Å². The summed E-state index contributed by atoms with van der Waals surface area (Å²) in [4.78, 5) is 28.3. The molecule has 3 N–H and O–H groups in total. The first-order valence-electron chi connectivity index (χ1n) is 9.72. The van der Waals surface area contributed by atoms with Crippen molar-refractivity contribution in [1.29, 1.82) is 0 Å². The summed E-state index contributed by atoms with van der Waals surface area (Å²) in [6, 6.07) is 4.67. The number of imidazole rings is 1. The van der Waals surface area contributed by atoms with Crippen LogP contribution < -0.4 is 20.7 Å². The fourth-order valence-electron chi connectivity index (χ4n) is 4.02. The molecule has 2 aromatic rings. The Morgan fingerprint density at radius 1 is 1.39 bits per heavy atom. The molecule has 1 spiro atoms. The molecule has 1 aromatic heterocycles. The number of aromatic nitrogens is 2. The van der Waals surface area contributed by atoms with E-state index < -0.39 is 29.8 Å². The molecular formula is C20H19F2N5O4. The lowest BCUT2D eigenvalue weighted by Crippen LogP contribution is -2.38. The average molecular weight is 431 g/mol. The summed E-state index contributed by atoms with van der Waals surface area (Å²) in [6.07, 6.45) is 1.19. The summed E-state index contributed by atoms with van der Waals surface area (Å²) in [5, 5.41) is 2.99. The minimum Gasteiger partial charge on any atom is -0.491 e. The number of nitrogens with zero attached hydrogens (tertiary/aromatic N) is 3. The van der Waals surface area contributed by atoms with Gasteiger partial charge in [0.1, 0.15) is 30.8 Å². The van der Waals surface area contributed by atoms with E-state index in [4.69, 9.17) is 15.2 Å².